The summed E-state index contributed by atoms with van der Waals surface area (Å²) >= 11 is 18.1. The Hall–Kier alpha value is -1.82. The molecule has 0 saturated carbocycles. The summed E-state index contributed by atoms with van der Waals surface area (Å²) in [6, 6.07) is 6.59. The minimum absolute atomic E-state index is 0.150. The maximum Gasteiger partial charge on any atom is 0.261 e. The molecule has 21 heavy (non-hydrogen) atoms. The minimum Gasteiger partial charge on any atom is -0.397 e. The van der Waals surface area contributed by atoms with Crippen molar-refractivity contribution in [3.8, 4) is 23.0 Å². The van der Waals surface area contributed by atoms with Gasteiger partial charge in [-0.2, -0.15) is 4.98 Å². The molecule has 3 rings (SSSR count). The van der Waals surface area contributed by atoms with Crippen LogP contribution in [0.2, 0.25) is 15.1 Å². The van der Waals surface area contributed by atoms with Crippen LogP contribution < -0.4 is 5.73 Å². The lowest BCUT2D eigenvalue weighted by atomic mass is 10.2. The third-order valence-corrected chi connectivity index (χ3v) is 3.70. The zero-order chi connectivity index (χ0) is 15.0. The first-order valence-electron chi connectivity index (χ1n) is 5.76. The Morgan fingerprint density at radius 3 is 2.52 bits per heavy atom. The van der Waals surface area contributed by atoms with E-state index < -0.39 is 0 Å². The molecule has 0 aliphatic carbocycles. The Morgan fingerprint density at radius 1 is 1.00 bits per heavy atom. The van der Waals surface area contributed by atoms with Gasteiger partial charge in [0, 0.05) is 6.20 Å². The number of anilines is 1. The van der Waals surface area contributed by atoms with Gasteiger partial charge in [-0.25, -0.2) is 0 Å². The molecule has 2 heterocycles. The highest BCUT2D eigenvalue weighted by molar-refractivity contribution is 6.37. The maximum atomic E-state index is 6.11. The van der Waals surface area contributed by atoms with Crippen molar-refractivity contribution in [1.29, 1.82) is 0 Å². The number of aromatic nitrogens is 3. The number of halogens is 3. The number of nitrogens with zero attached hydrogens (tertiary/aromatic N) is 3. The van der Waals surface area contributed by atoms with E-state index in [0.717, 1.165) is 0 Å². The van der Waals surface area contributed by atoms with Crippen molar-refractivity contribution in [2.24, 2.45) is 0 Å². The van der Waals surface area contributed by atoms with Crippen LogP contribution in [0.3, 0.4) is 0 Å². The molecule has 0 unspecified atom stereocenters. The Labute approximate surface area is 134 Å². The summed E-state index contributed by atoms with van der Waals surface area (Å²) in [5.41, 5.74) is 6.97. The van der Waals surface area contributed by atoms with Gasteiger partial charge in [-0.15, -0.1) is 0 Å². The highest BCUT2D eigenvalue weighted by Crippen LogP contribution is 2.37. The summed E-state index contributed by atoms with van der Waals surface area (Å²) in [7, 11) is 0. The van der Waals surface area contributed by atoms with E-state index in [0.29, 0.717) is 26.3 Å². The zero-order valence-corrected chi connectivity index (χ0v) is 12.6. The number of nitrogens with two attached hydrogens (primary N) is 1. The maximum absolute atomic E-state index is 6.11. The highest BCUT2D eigenvalue weighted by atomic mass is 35.5. The van der Waals surface area contributed by atoms with Crippen molar-refractivity contribution < 1.29 is 4.52 Å². The molecule has 8 heteroatoms. The van der Waals surface area contributed by atoms with Crippen molar-refractivity contribution >= 4 is 40.5 Å². The fourth-order valence-electron chi connectivity index (χ4n) is 1.76. The molecule has 0 saturated heterocycles. The standard InChI is InChI=1S/C13H7Cl3N4O/c14-6-3-4-7(15)10(17)9(6)13-19-12(20-21-13)11-8(16)2-1-5-18-11/h1-5H,17H2. The van der Waals surface area contributed by atoms with Crippen LogP contribution in [0, 0.1) is 0 Å². The van der Waals surface area contributed by atoms with E-state index in [9.17, 15) is 0 Å². The van der Waals surface area contributed by atoms with Crippen molar-refractivity contribution in [3.05, 3.63) is 45.5 Å². The Bertz CT molecular complexity index is 819. The topological polar surface area (TPSA) is 77.8 Å². The third-order valence-electron chi connectivity index (χ3n) is 2.75. The number of hydrogen-bond donors (Lipinski definition) is 1. The van der Waals surface area contributed by atoms with E-state index in [1.165, 1.54) is 0 Å². The van der Waals surface area contributed by atoms with Gasteiger partial charge < -0.3 is 10.3 Å². The van der Waals surface area contributed by atoms with Crippen LogP contribution in [-0.4, -0.2) is 15.1 Å². The fourth-order valence-corrected chi connectivity index (χ4v) is 2.37. The summed E-state index contributed by atoms with van der Waals surface area (Å²) in [4.78, 5) is 8.34. The second kappa shape index (κ2) is 5.52. The summed E-state index contributed by atoms with van der Waals surface area (Å²) < 4.78 is 5.19. The molecule has 3 aromatic rings. The van der Waals surface area contributed by atoms with Gasteiger partial charge in [-0.1, -0.05) is 40.0 Å². The van der Waals surface area contributed by atoms with Crippen LogP contribution in [0.25, 0.3) is 23.0 Å². The van der Waals surface area contributed by atoms with E-state index in [-0.39, 0.29) is 17.4 Å². The van der Waals surface area contributed by atoms with Gasteiger partial charge in [0.25, 0.3) is 5.89 Å². The predicted octanol–water partition coefficient (Wildman–Crippen LogP) is 4.34. The first kappa shape index (κ1) is 14.1. The molecule has 0 atom stereocenters. The monoisotopic (exact) mass is 340 g/mol. The molecule has 5 nitrogen and oxygen atoms in total. The van der Waals surface area contributed by atoms with Crippen molar-refractivity contribution in [3.63, 3.8) is 0 Å². The van der Waals surface area contributed by atoms with Crippen LogP contribution in [0.5, 0.6) is 0 Å². The molecule has 0 aliphatic rings. The smallest absolute Gasteiger partial charge is 0.261 e. The molecule has 0 spiro atoms. The van der Waals surface area contributed by atoms with E-state index in [1.807, 2.05) is 0 Å². The van der Waals surface area contributed by atoms with Crippen LogP contribution in [-0.2, 0) is 0 Å². The van der Waals surface area contributed by atoms with E-state index in [2.05, 4.69) is 15.1 Å². The molecule has 106 valence electrons. The normalized spacial score (nSPS) is 10.8. The van der Waals surface area contributed by atoms with E-state index in [1.54, 1.807) is 30.5 Å². The second-order valence-electron chi connectivity index (χ2n) is 4.07. The molecule has 0 amide bonds. The fraction of sp³-hybridized carbons (Fsp3) is 0. The average Bonchev–Trinajstić information content (AvgIpc) is 2.93. The summed E-state index contributed by atoms with van der Waals surface area (Å²) in [5.74, 6) is 0.391. The number of hydrogen-bond acceptors (Lipinski definition) is 5. The van der Waals surface area contributed by atoms with E-state index >= 15 is 0 Å². The molecule has 0 bridgehead atoms. The SMILES string of the molecule is Nc1c(Cl)ccc(Cl)c1-c1nc(-c2ncccc2Cl)no1. The molecule has 2 aromatic heterocycles. The van der Waals surface area contributed by atoms with Crippen LogP contribution in [0.4, 0.5) is 5.69 Å². The predicted molar refractivity (Wildman–Crippen MR) is 82.4 cm³/mol. The van der Waals surface area contributed by atoms with Gasteiger partial charge in [-0.3, -0.25) is 4.98 Å². The molecule has 0 aliphatic heterocycles. The van der Waals surface area contributed by atoms with Gasteiger partial charge in [0.1, 0.15) is 5.69 Å². The van der Waals surface area contributed by atoms with Crippen molar-refractivity contribution in [2.45, 2.75) is 0 Å². The van der Waals surface area contributed by atoms with E-state index in [4.69, 9.17) is 45.1 Å². The molecule has 2 N–H and O–H groups in total. The molecule has 0 radical (unpaired) electrons. The van der Waals surface area contributed by atoms with Gasteiger partial charge in [0.05, 0.1) is 26.3 Å². The lowest BCUT2D eigenvalue weighted by molar-refractivity contribution is 0.432. The van der Waals surface area contributed by atoms with Crippen molar-refractivity contribution in [2.75, 3.05) is 5.73 Å². The van der Waals surface area contributed by atoms with Gasteiger partial charge in [0.2, 0.25) is 5.82 Å². The van der Waals surface area contributed by atoms with Gasteiger partial charge in [0.15, 0.2) is 0 Å². The van der Waals surface area contributed by atoms with Gasteiger partial charge >= 0.3 is 0 Å². The Balaban J connectivity index is 2.12. The average molecular weight is 342 g/mol. The van der Waals surface area contributed by atoms with Crippen molar-refractivity contribution in [1.82, 2.24) is 15.1 Å². The lowest BCUT2D eigenvalue weighted by Gasteiger charge is -2.04. The first-order chi connectivity index (χ1) is 10.1. The third kappa shape index (κ3) is 2.55. The summed E-state index contributed by atoms with van der Waals surface area (Å²) in [6.45, 7) is 0. The number of rotatable bonds is 2. The van der Waals surface area contributed by atoms with Gasteiger partial charge in [-0.05, 0) is 24.3 Å². The highest BCUT2D eigenvalue weighted by Gasteiger charge is 2.19. The summed E-state index contributed by atoms with van der Waals surface area (Å²) in [6.07, 6.45) is 1.58. The zero-order valence-electron chi connectivity index (χ0n) is 10.3. The second-order valence-corrected chi connectivity index (χ2v) is 5.30. The quantitative estimate of drug-likeness (QED) is 0.701. The molecular formula is C13H7Cl3N4O. The van der Waals surface area contributed by atoms with Crippen LogP contribution in [0.1, 0.15) is 0 Å². The Kier molecular flexibility index (Phi) is 3.71. The lowest BCUT2D eigenvalue weighted by Crippen LogP contribution is -1.93. The summed E-state index contributed by atoms with van der Waals surface area (Å²) in [5, 5.41) is 4.97. The molecule has 0 fully saturated rings. The molecular weight excluding hydrogens is 335 g/mol. The Morgan fingerprint density at radius 2 is 1.76 bits per heavy atom. The van der Waals surface area contributed by atoms with Crippen LogP contribution >= 0.6 is 34.8 Å². The minimum atomic E-state index is 0.150. The number of benzene rings is 1. The first-order valence-corrected chi connectivity index (χ1v) is 6.89. The van der Waals surface area contributed by atoms with Crippen LogP contribution in [0.15, 0.2) is 35.0 Å². The largest absolute Gasteiger partial charge is 0.397 e. The number of pyridine rings is 1. The molecule has 1 aromatic carbocycles. The number of nitrogen functional groups attached to an aromatic ring is 1.